The minimum atomic E-state index is 1.14. The highest BCUT2D eigenvalue weighted by molar-refractivity contribution is 6.27. The summed E-state index contributed by atoms with van der Waals surface area (Å²) in [5.41, 5.74) is 14.2. The van der Waals surface area contributed by atoms with E-state index < -0.39 is 0 Å². The Morgan fingerprint density at radius 3 is 0.736 bits per heavy atom. The summed E-state index contributed by atoms with van der Waals surface area (Å²) in [5.74, 6) is 0. The predicted octanol–water partition coefficient (Wildman–Crippen LogP) is 18.9. The zero-order valence-electron chi connectivity index (χ0n) is 40.6. The third kappa shape index (κ3) is 6.88. The van der Waals surface area contributed by atoms with E-state index in [0.29, 0.717) is 0 Å². The Hall–Kier alpha value is -9.18. The van der Waals surface area contributed by atoms with Crippen LogP contribution < -0.4 is 14.7 Å². The average molecular weight is 922 g/mol. The van der Waals surface area contributed by atoms with E-state index in [-0.39, 0.29) is 0 Å². The predicted molar refractivity (Wildman–Crippen MR) is 311 cm³/mol. The molecule has 0 atom stereocenters. The number of fused-ring (bicyclic) bond motifs is 6. The van der Waals surface area contributed by atoms with Crippen LogP contribution in [0.4, 0.5) is 34.1 Å². The molecule has 3 heteroatoms. The van der Waals surface area contributed by atoms with Crippen molar-refractivity contribution in [2.24, 2.45) is 0 Å². The smallest absolute Gasteiger partial charge is 0.0567 e. The van der Waals surface area contributed by atoms with Crippen LogP contribution in [0.2, 0.25) is 0 Å². The van der Waals surface area contributed by atoms with Crippen LogP contribution in [0, 0.1) is 0 Å². The van der Waals surface area contributed by atoms with Gasteiger partial charge in [-0.2, -0.15) is 0 Å². The van der Waals surface area contributed by atoms with Gasteiger partial charge in [0.15, 0.2) is 0 Å². The van der Waals surface area contributed by atoms with Crippen molar-refractivity contribution in [3.05, 3.63) is 255 Å². The van der Waals surface area contributed by atoms with Gasteiger partial charge in [0.25, 0.3) is 0 Å². The molecular weight excluding hydrogens is 871 g/mol. The summed E-state index contributed by atoms with van der Waals surface area (Å²) < 4.78 is 0. The van der Waals surface area contributed by atoms with Crippen molar-refractivity contribution in [1.82, 2.24) is 0 Å². The maximum Gasteiger partial charge on any atom is 0.0567 e. The molecule has 0 N–H and O–H groups in total. The van der Waals surface area contributed by atoms with Gasteiger partial charge in [0.2, 0.25) is 0 Å². The lowest BCUT2D eigenvalue weighted by atomic mass is 9.81. The molecule has 0 bridgehead atoms. The summed E-state index contributed by atoms with van der Waals surface area (Å²) in [5, 5.41) is 14.5. The molecule has 13 aromatic carbocycles. The van der Waals surface area contributed by atoms with E-state index in [1.807, 2.05) is 0 Å². The van der Waals surface area contributed by atoms with Crippen molar-refractivity contribution in [3.8, 4) is 33.4 Å². The van der Waals surface area contributed by atoms with Gasteiger partial charge < -0.3 is 14.7 Å². The minimum Gasteiger partial charge on any atom is -0.344 e. The minimum absolute atomic E-state index is 1.14. The van der Waals surface area contributed by atoms with E-state index in [1.165, 1.54) is 115 Å². The molecule has 0 heterocycles. The Morgan fingerprint density at radius 1 is 0.208 bits per heavy atom. The van der Waals surface area contributed by atoms with Gasteiger partial charge in [-0.25, -0.2) is 0 Å². The van der Waals surface area contributed by atoms with Gasteiger partial charge in [0.1, 0.15) is 0 Å². The quantitative estimate of drug-likeness (QED) is 0.134. The number of nitrogens with zero attached hydrogens (tertiary/aromatic N) is 3. The van der Waals surface area contributed by atoms with Crippen LogP contribution in [-0.4, -0.2) is 21.1 Å². The second kappa shape index (κ2) is 17.7. The van der Waals surface area contributed by atoms with Crippen molar-refractivity contribution in [2.45, 2.75) is 0 Å². The third-order valence-electron chi connectivity index (χ3n) is 15.0. The lowest BCUT2D eigenvalue weighted by Crippen LogP contribution is -2.11. The van der Waals surface area contributed by atoms with Crippen LogP contribution in [0.25, 0.3) is 98.0 Å². The van der Waals surface area contributed by atoms with Crippen molar-refractivity contribution in [2.75, 3.05) is 35.8 Å². The topological polar surface area (TPSA) is 9.72 Å². The highest BCUT2D eigenvalue weighted by atomic mass is 15.1. The van der Waals surface area contributed by atoms with Crippen LogP contribution >= 0.6 is 0 Å². The maximum absolute atomic E-state index is 2.52. The summed E-state index contributed by atoms with van der Waals surface area (Å²) in [6.45, 7) is 0. The first-order chi connectivity index (χ1) is 35.5. The summed E-state index contributed by atoms with van der Waals surface area (Å²) >= 11 is 0. The summed E-state index contributed by atoms with van der Waals surface area (Å²) in [6, 6.07) is 93.6. The second-order valence-electron chi connectivity index (χ2n) is 18.9. The Labute approximate surface area is 420 Å². The molecule has 0 radical (unpaired) electrons. The molecule has 0 saturated heterocycles. The fourth-order valence-corrected chi connectivity index (χ4v) is 11.8. The fourth-order valence-electron chi connectivity index (χ4n) is 11.8. The molecule has 0 amide bonds. The van der Waals surface area contributed by atoms with Crippen LogP contribution in [0.3, 0.4) is 0 Å². The van der Waals surface area contributed by atoms with Crippen molar-refractivity contribution < 1.29 is 0 Å². The molecule has 0 aromatic heterocycles. The zero-order valence-corrected chi connectivity index (χ0v) is 40.6. The highest BCUT2D eigenvalue weighted by Crippen LogP contribution is 2.53. The van der Waals surface area contributed by atoms with Crippen LogP contribution in [-0.2, 0) is 0 Å². The summed E-state index contributed by atoms with van der Waals surface area (Å²) in [4.78, 5) is 7.07. The van der Waals surface area contributed by atoms with Gasteiger partial charge in [-0.1, -0.05) is 212 Å². The van der Waals surface area contributed by atoms with Crippen molar-refractivity contribution in [1.29, 1.82) is 0 Å². The van der Waals surface area contributed by atoms with Crippen LogP contribution in [0.5, 0.6) is 0 Å². The third-order valence-corrected chi connectivity index (χ3v) is 15.0. The van der Waals surface area contributed by atoms with E-state index in [9.17, 15) is 0 Å². The van der Waals surface area contributed by atoms with E-state index in [0.717, 1.165) is 17.1 Å². The van der Waals surface area contributed by atoms with Crippen LogP contribution in [0.15, 0.2) is 255 Å². The van der Waals surface area contributed by atoms with E-state index in [2.05, 4.69) is 291 Å². The van der Waals surface area contributed by atoms with Crippen molar-refractivity contribution >= 4 is 98.8 Å². The molecule has 0 saturated carbocycles. The Bertz CT molecular complexity index is 4030. The van der Waals surface area contributed by atoms with Gasteiger partial charge in [0, 0.05) is 70.5 Å². The van der Waals surface area contributed by atoms with Crippen LogP contribution in [0.1, 0.15) is 0 Å². The summed E-state index contributed by atoms with van der Waals surface area (Å²) in [7, 11) is 6.60. The standard InChI is InChI=1S/C69H51N3/c1-70(47-25-7-4-8-26-47)67-57-37-19-13-31-50(57)64(51-32-14-20-38-58(51)67)46-43-44-56(65-52-33-15-21-39-59(52)68(60-40-22-16-34-53(60)65)71(2)48-27-9-5-10-28-48)63(45-46)66-54-35-17-23-41-61(54)69(62-42-24-18-36-55(62)66)72(3)49-29-11-6-12-30-49/h4-45H,1-3H3. The Morgan fingerprint density at radius 2 is 0.444 bits per heavy atom. The molecule has 13 aromatic rings. The fraction of sp³-hybridized carbons (Fsp3) is 0.0435. The largest absolute Gasteiger partial charge is 0.344 e. The second-order valence-corrected chi connectivity index (χ2v) is 18.9. The van der Waals surface area contributed by atoms with E-state index in [1.54, 1.807) is 0 Å². The highest BCUT2D eigenvalue weighted by Gasteiger charge is 2.26. The average Bonchev–Trinajstić information content (AvgIpc) is 3.45. The molecule has 0 aliphatic rings. The molecule has 13 rings (SSSR count). The van der Waals surface area contributed by atoms with Gasteiger partial charge >= 0.3 is 0 Å². The van der Waals surface area contributed by atoms with Gasteiger partial charge in [0.05, 0.1) is 17.1 Å². The number of rotatable bonds is 9. The molecule has 72 heavy (non-hydrogen) atoms. The molecule has 342 valence electrons. The van der Waals surface area contributed by atoms with Gasteiger partial charge in [-0.15, -0.1) is 0 Å². The Balaban J connectivity index is 1.17. The molecule has 0 spiro atoms. The monoisotopic (exact) mass is 921 g/mol. The first kappa shape index (κ1) is 42.9. The number of hydrogen-bond donors (Lipinski definition) is 0. The molecule has 0 fully saturated rings. The molecular formula is C69H51N3. The molecule has 0 unspecified atom stereocenters. The SMILES string of the molecule is CN(c1ccccc1)c1c2ccccc2c(-c2ccc(-c3c4ccccc4c(N(C)c4ccccc4)c4ccccc34)c(-c3c4ccccc4c(N(C)c4ccccc4)c4ccccc34)c2)c2ccccc12. The number of anilines is 6. The van der Waals surface area contributed by atoms with E-state index >= 15 is 0 Å². The van der Waals surface area contributed by atoms with E-state index in [4.69, 9.17) is 0 Å². The number of hydrogen-bond acceptors (Lipinski definition) is 3. The Kier molecular flexibility index (Phi) is 10.5. The lowest BCUT2D eigenvalue weighted by Gasteiger charge is -2.28. The lowest BCUT2D eigenvalue weighted by molar-refractivity contribution is 1.23. The molecule has 3 nitrogen and oxygen atoms in total. The first-order valence-electron chi connectivity index (χ1n) is 24.9. The normalized spacial score (nSPS) is 11.5. The first-order valence-corrected chi connectivity index (χ1v) is 24.9. The maximum atomic E-state index is 2.52. The van der Waals surface area contributed by atoms with Gasteiger partial charge in [-0.05, 0) is 108 Å². The van der Waals surface area contributed by atoms with Crippen molar-refractivity contribution in [3.63, 3.8) is 0 Å². The zero-order chi connectivity index (χ0) is 48.3. The number of benzene rings is 13. The molecule has 0 aliphatic carbocycles. The number of para-hydroxylation sites is 3. The van der Waals surface area contributed by atoms with Gasteiger partial charge in [-0.3, -0.25) is 0 Å². The summed E-state index contributed by atoms with van der Waals surface area (Å²) in [6.07, 6.45) is 0. The molecule has 0 aliphatic heterocycles.